The predicted molar refractivity (Wildman–Crippen MR) is 122 cm³/mol. The molecule has 11 nitrogen and oxygen atoms in total. The first-order valence-corrected chi connectivity index (χ1v) is 11.6. The van der Waals surface area contributed by atoms with Gasteiger partial charge in [-0.15, -0.1) is 5.10 Å². The fourth-order valence-electron chi connectivity index (χ4n) is 3.53. The normalized spacial score (nSPS) is 18.6. The molecule has 1 atom stereocenters. The molecule has 2 heterocycles. The molecule has 1 aliphatic heterocycles. The summed E-state index contributed by atoms with van der Waals surface area (Å²) >= 11 is 0. The molecule has 2 rings (SSSR count). The lowest BCUT2D eigenvalue weighted by Gasteiger charge is -2.22. The summed E-state index contributed by atoms with van der Waals surface area (Å²) in [7, 11) is 1.32. The van der Waals surface area contributed by atoms with Crippen LogP contribution in [0.5, 0.6) is 0 Å². The zero-order valence-corrected chi connectivity index (χ0v) is 19.7. The van der Waals surface area contributed by atoms with Gasteiger partial charge in [-0.1, -0.05) is 19.1 Å². The van der Waals surface area contributed by atoms with Gasteiger partial charge in [-0.05, 0) is 44.9 Å². The second-order valence-corrected chi connectivity index (χ2v) is 8.45. The Balaban J connectivity index is 1.85. The average molecular weight is 453 g/mol. The third kappa shape index (κ3) is 10.0. The van der Waals surface area contributed by atoms with Gasteiger partial charge in [-0.3, -0.25) is 9.69 Å². The third-order valence-corrected chi connectivity index (χ3v) is 5.33. The van der Waals surface area contributed by atoms with Crippen molar-refractivity contribution in [2.45, 2.75) is 45.8 Å². The molecule has 1 amide bonds. The standard InChI is InChI=1S/C21H40N8O3/c1-17(2)20(21(31)32-3)25-19(30)16-29-15-18(26-27-29)14-28-12-5-8-23-10-9-22-6-4-7-24-11-13-28/h15,17,20,22-24H,4-14,16H2,1-3H3,(H,25,30)/t20-/m0/s1. The number of amides is 1. The first-order chi connectivity index (χ1) is 15.5. The minimum atomic E-state index is -0.678. The summed E-state index contributed by atoms with van der Waals surface area (Å²) < 4.78 is 6.28. The summed E-state index contributed by atoms with van der Waals surface area (Å²) in [6.45, 7) is 12.2. The van der Waals surface area contributed by atoms with Crippen LogP contribution in [0.3, 0.4) is 0 Å². The highest BCUT2D eigenvalue weighted by Crippen LogP contribution is 2.05. The zero-order chi connectivity index (χ0) is 23.2. The molecular formula is C21H40N8O3. The van der Waals surface area contributed by atoms with E-state index in [1.54, 1.807) is 6.20 Å². The molecule has 11 heteroatoms. The minimum Gasteiger partial charge on any atom is -0.467 e. The monoisotopic (exact) mass is 452 g/mol. The van der Waals surface area contributed by atoms with E-state index >= 15 is 0 Å². The molecule has 0 unspecified atom stereocenters. The zero-order valence-electron chi connectivity index (χ0n) is 19.7. The van der Waals surface area contributed by atoms with Gasteiger partial charge in [0, 0.05) is 32.7 Å². The fraction of sp³-hybridized carbons (Fsp3) is 0.810. The highest BCUT2D eigenvalue weighted by atomic mass is 16.5. The van der Waals surface area contributed by atoms with Gasteiger partial charge in [0.05, 0.1) is 19.0 Å². The van der Waals surface area contributed by atoms with Crippen molar-refractivity contribution in [3.05, 3.63) is 11.9 Å². The van der Waals surface area contributed by atoms with Gasteiger partial charge < -0.3 is 26.0 Å². The number of methoxy groups -OCH3 is 1. The second-order valence-electron chi connectivity index (χ2n) is 8.45. The molecule has 1 aromatic heterocycles. The number of aromatic nitrogens is 3. The Kier molecular flexibility index (Phi) is 12.2. The molecule has 182 valence electrons. The number of ether oxygens (including phenoxy) is 1. The van der Waals surface area contributed by atoms with E-state index in [4.69, 9.17) is 4.74 Å². The van der Waals surface area contributed by atoms with E-state index in [2.05, 4.69) is 36.5 Å². The van der Waals surface area contributed by atoms with Crippen LogP contribution in [0.1, 0.15) is 32.4 Å². The van der Waals surface area contributed by atoms with Gasteiger partial charge in [0.25, 0.3) is 0 Å². The second kappa shape index (κ2) is 14.9. The van der Waals surface area contributed by atoms with Crippen molar-refractivity contribution in [2.75, 3.05) is 59.5 Å². The Morgan fingerprint density at radius 2 is 1.75 bits per heavy atom. The van der Waals surface area contributed by atoms with Gasteiger partial charge in [0.1, 0.15) is 12.6 Å². The van der Waals surface area contributed by atoms with Gasteiger partial charge in [-0.25, -0.2) is 9.48 Å². The first-order valence-electron chi connectivity index (χ1n) is 11.6. The van der Waals surface area contributed by atoms with E-state index < -0.39 is 12.0 Å². The van der Waals surface area contributed by atoms with Crippen LogP contribution in [0.15, 0.2) is 6.20 Å². The summed E-state index contributed by atoms with van der Waals surface area (Å²) in [5, 5.41) is 21.5. The lowest BCUT2D eigenvalue weighted by Crippen LogP contribution is -2.46. The van der Waals surface area contributed by atoms with E-state index in [-0.39, 0.29) is 18.4 Å². The Bertz CT molecular complexity index is 668. The Hall–Kier alpha value is -2.08. The van der Waals surface area contributed by atoms with Crippen LogP contribution in [0.25, 0.3) is 0 Å². The molecule has 0 aliphatic carbocycles. The van der Waals surface area contributed by atoms with Crippen LogP contribution in [-0.4, -0.2) is 97.3 Å². The van der Waals surface area contributed by atoms with Gasteiger partial charge in [-0.2, -0.15) is 0 Å². The Morgan fingerprint density at radius 3 is 2.44 bits per heavy atom. The number of rotatable bonds is 7. The van der Waals surface area contributed by atoms with Crippen molar-refractivity contribution in [1.82, 2.24) is 41.2 Å². The quantitative estimate of drug-likeness (QED) is 0.384. The van der Waals surface area contributed by atoms with Crippen LogP contribution in [0.2, 0.25) is 0 Å². The van der Waals surface area contributed by atoms with Crippen molar-refractivity contribution in [2.24, 2.45) is 5.92 Å². The minimum absolute atomic E-state index is 0.00667. The molecule has 0 saturated carbocycles. The summed E-state index contributed by atoms with van der Waals surface area (Å²) in [5.74, 6) is -0.818. The van der Waals surface area contributed by atoms with Crippen molar-refractivity contribution >= 4 is 11.9 Å². The molecule has 1 aliphatic rings. The van der Waals surface area contributed by atoms with Crippen molar-refractivity contribution in [3.8, 4) is 0 Å². The number of hydrogen-bond acceptors (Lipinski definition) is 9. The predicted octanol–water partition coefficient (Wildman–Crippen LogP) is -1.04. The molecule has 4 N–H and O–H groups in total. The van der Waals surface area contributed by atoms with Crippen LogP contribution in [0.4, 0.5) is 0 Å². The van der Waals surface area contributed by atoms with Gasteiger partial charge in [0.2, 0.25) is 5.91 Å². The number of carbonyl (C=O) groups excluding carboxylic acids is 2. The number of esters is 1. The molecule has 1 fully saturated rings. The summed E-state index contributed by atoms with van der Waals surface area (Å²) in [6.07, 6.45) is 3.97. The smallest absolute Gasteiger partial charge is 0.328 e. The van der Waals surface area contributed by atoms with E-state index in [9.17, 15) is 9.59 Å². The first kappa shape index (κ1) is 26.2. The number of carbonyl (C=O) groups is 2. The maximum absolute atomic E-state index is 12.4. The summed E-state index contributed by atoms with van der Waals surface area (Å²) in [6, 6.07) is -0.678. The van der Waals surface area contributed by atoms with Crippen LogP contribution >= 0.6 is 0 Å². The molecule has 0 radical (unpaired) electrons. The van der Waals surface area contributed by atoms with Crippen molar-refractivity contribution in [1.29, 1.82) is 0 Å². The van der Waals surface area contributed by atoms with E-state index in [0.717, 1.165) is 70.9 Å². The highest BCUT2D eigenvalue weighted by molar-refractivity contribution is 5.84. The number of hydrogen-bond donors (Lipinski definition) is 4. The highest BCUT2D eigenvalue weighted by Gasteiger charge is 2.25. The lowest BCUT2D eigenvalue weighted by molar-refractivity contribution is -0.146. The summed E-state index contributed by atoms with van der Waals surface area (Å²) in [5.41, 5.74) is 0.824. The van der Waals surface area contributed by atoms with Crippen LogP contribution in [0, 0.1) is 5.92 Å². The van der Waals surface area contributed by atoms with E-state index in [1.807, 2.05) is 13.8 Å². The fourth-order valence-corrected chi connectivity index (χ4v) is 3.53. The molecular weight excluding hydrogens is 412 g/mol. The molecule has 32 heavy (non-hydrogen) atoms. The maximum atomic E-state index is 12.4. The van der Waals surface area contributed by atoms with Crippen molar-refractivity contribution < 1.29 is 14.3 Å². The van der Waals surface area contributed by atoms with Gasteiger partial charge >= 0.3 is 5.97 Å². The van der Waals surface area contributed by atoms with Gasteiger partial charge in [0.15, 0.2) is 0 Å². The number of nitrogens with zero attached hydrogens (tertiary/aromatic N) is 4. The number of nitrogens with one attached hydrogen (secondary N) is 4. The maximum Gasteiger partial charge on any atom is 0.328 e. The Labute approximate surface area is 191 Å². The van der Waals surface area contributed by atoms with E-state index in [0.29, 0.717) is 6.54 Å². The third-order valence-electron chi connectivity index (χ3n) is 5.33. The molecule has 0 aromatic carbocycles. The Morgan fingerprint density at radius 1 is 1.06 bits per heavy atom. The lowest BCUT2D eigenvalue weighted by atomic mass is 10.0. The molecule has 0 bridgehead atoms. The molecule has 1 aromatic rings. The topological polar surface area (TPSA) is 125 Å². The molecule has 0 spiro atoms. The van der Waals surface area contributed by atoms with E-state index in [1.165, 1.54) is 11.8 Å². The SMILES string of the molecule is COC(=O)[C@@H](NC(=O)Cn1cc(CN2CCCNCCNCCCNCC2)nn1)C(C)C. The van der Waals surface area contributed by atoms with Crippen molar-refractivity contribution in [3.63, 3.8) is 0 Å². The largest absolute Gasteiger partial charge is 0.467 e. The molecule has 1 saturated heterocycles. The van der Waals surface area contributed by atoms with Crippen LogP contribution < -0.4 is 21.3 Å². The average Bonchev–Trinajstić information content (AvgIpc) is 3.20. The summed E-state index contributed by atoms with van der Waals surface area (Å²) in [4.78, 5) is 26.6. The van der Waals surface area contributed by atoms with Crippen LogP contribution in [-0.2, 0) is 27.4 Å².